The Hall–Kier alpha value is -3.59. The molecule has 4 aromatic rings. The smallest absolute Gasteiger partial charge is 0.226 e. The Morgan fingerprint density at radius 2 is 1.77 bits per heavy atom. The van der Waals surface area contributed by atoms with Crippen LogP contribution in [0.3, 0.4) is 0 Å². The van der Waals surface area contributed by atoms with Crippen LogP contribution in [0.4, 0.5) is 15.3 Å². The zero-order valence-electron chi connectivity index (χ0n) is 23.0. The monoisotopic (exact) mass is 554 g/mol. The number of anilines is 2. The number of nitrogens with zero attached hydrogens (tertiary/aromatic N) is 5. The molecule has 5 heterocycles. The molecule has 9 nitrogen and oxygen atoms in total. The van der Waals surface area contributed by atoms with Crippen LogP contribution < -0.4 is 10.6 Å². The molecule has 1 aromatic carbocycles. The Morgan fingerprint density at radius 1 is 1.13 bits per heavy atom. The third-order valence-electron chi connectivity index (χ3n) is 6.15. The summed E-state index contributed by atoms with van der Waals surface area (Å²) in [6.45, 7) is 10.6. The summed E-state index contributed by atoms with van der Waals surface area (Å²) in [5.74, 6) is -0.0836. The van der Waals surface area contributed by atoms with Gasteiger partial charge in [-0.05, 0) is 24.0 Å². The highest BCUT2D eigenvalue weighted by Crippen LogP contribution is 2.48. The van der Waals surface area contributed by atoms with Gasteiger partial charge in [-0.3, -0.25) is 4.98 Å². The highest BCUT2D eigenvalue weighted by molar-refractivity contribution is 7.23. The molecular formula is C28H35FN6O3S. The van der Waals surface area contributed by atoms with Gasteiger partial charge in [-0.15, -0.1) is 11.3 Å². The van der Waals surface area contributed by atoms with E-state index in [-0.39, 0.29) is 27.6 Å². The Bertz CT molecular complexity index is 1500. The number of aromatic hydroxyl groups is 1. The molecule has 1 fully saturated rings. The average molecular weight is 555 g/mol. The van der Waals surface area contributed by atoms with Gasteiger partial charge in [-0.2, -0.15) is 5.26 Å². The van der Waals surface area contributed by atoms with Crippen molar-refractivity contribution in [2.24, 2.45) is 0 Å². The fraction of sp³-hybridized carbons (Fsp3) is 0.429. The van der Waals surface area contributed by atoms with Gasteiger partial charge in [0, 0.05) is 37.2 Å². The number of halogens is 1. The molecule has 0 bridgehead atoms. The van der Waals surface area contributed by atoms with E-state index in [2.05, 4.69) is 39.8 Å². The number of nitriles is 1. The lowest BCUT2D eigenvalue weighted by Crippen LogP contribution is -2.20. The normalized spacial score (nSPS) is 13.5. The third kappa shape index (κ3) is 5.45. The minimum absolute atomic E-state index is 0.0823. The Kier molecular flexibility index (Phi) is 10.3. The van der Waals surface area contributed by atoms with Crippen molar-refractivity contribution in [2.75, 3.05) is 30.8 Å². The molecule has 0 amide bonds. The number of aliphatic hydroxyl groups excluding tert-OH is 1. The van der Waals surface area contributed by atoms with E-state index in [1.807, 2.05) is 13.8 Å². The van der Waals surface area contributed by atoms with Crippen molar-refractivity contribution in [1.29, 1.82) is 5.26 Å². The maximum absolute atomic E-state index is 14.5. The second-order valence-electron chi connectivity index (χ2n) is 8.62. The maximum atomic E-state index is 14.5. The van der Waals surface area contributed by atoms with Gasteiger partial charge in [-0.1, -0.05) is 34.1 Å². The molecule has 4 N–H and O–H groups in total. The van der Waals surface area contributed by atoms with Crippen LogP contribution in [0.15, 0.2) is 12.4 Å². The molecule has 2 aliphatic rings. The van der Waals surface area contributed by atoms with Crippen molar-refractivity contribution >= 4 is 43.3 Å². The first-order valence-corrected chi connectivity index (χ1v) is 13.9. The first-order valence-electron chi connectivity index (χ1n) is 13.1. The van der Waals surface area contributed by atoms with E-state index >= 15 is 0 Å². The van der Waals surface area contributed by atoms with Crippen LogP contribution >= 0.6 is 11.3 Å². The molecule has 0 atom stereocenters. The first kappa shape index (κ1) is 30.0. The van der Waals surface area contributed by atoms with Gasteiger partial charge in [0.2, 0.25) is 5.95 Å². The van der Waals surface area contributed by atoms with Crippen LogP contribution in [0.5, 0.6) is 5.75 Å². The van der Waals surface area contributed by atoms with Crippen LogP contribution in [0, 0.1) is 17.1 Å². The molecule has 6 rings (SSSR count). The number of phenolic OH excluding ortho intramolecular Hbond substituents is 1. The fourth-order valence-electron chi connectivity index (χ4n) is 4.64. The molecule has 39 heavy (non-hydrogen) atoms. The summed E-state index contributed by atoms with van der Waals surface area (Å²) in [5, 5.41) is 29.3. The number of aromatic nitrogens is 3. The number of ether oxygens (including phenoxy) is 1. The Balaban J connectivity index is 0.000000553. The van der Waals surface area contributed by atoms with Gasteiger partial charge < -0.3 is 25.6 Å². The largest absolute Gasteiger partial charge is 0.505 e. The van der Waals surface area contributed by atoms with E-state index in [9.17, 15) is 14.8 Å². The van der Waals surface area contributed by atoms with E-state index in [4.69, 9.17) is 15.6 Å². The number of benzene rings is 1. The van der Waals surface area contributed by atoms with Crippen molar-refractivity contribution < 1.29 is 19.3 Å². The number of rotatable bonds is 2. The lowest BCUT2D eigenvalue weighted by molar-refractivity contribution is 0.135. The summed E-state index contributed by atoms with van der Waals surface area (Å²) in [6.07, 6.45) is 6.22. The van der Waals surface area contributed by atoms with Crippen molar-refractivity contribution in [3.63, 3.8) is 0 Å². The van der Waals surface area contributed by atoms with Crippen molar-refractivity contribution in [3.8, 4) is 23.1 Å². The number of aliphatic hydroxyl groups is 1. The number of thiophene rings is 1. The molecule has 0 aliphatic carbocycles. The van der Waals surface area contributed by atoms with E-state index in [0.717, 1.165) is 61.7 Å². The molecule has 2 aliphatic heterocycles. The summed E-state index contributed by atoms with van der Waals surface area (Å²) >= 11 is 0.996. The van der Waals surface area contributed by atoms with Gasteiger partial charge in [0.25, 0.3) is 0 Å². The third-order valence-corrected chi connectivity index (χ3v) is 7.18. The fourth-order valence-corrected chi connectivity index (χ4v) is 5.56. The summed E-state index contributed by atoms with van der Waals surface area (Å²) in [7, 11) is 1.00. The highest BCUT2D eigenvalue weighted by atomic mass is 32.1. The quantitative estimate of drug-likeness (QED) is 0.277. The molecule has 0 saturated carbocycles. The minimum Gasteiger partial charge on any atom is -0.505 e. The number of fused-ring (bicyclic) bond motifs is 4. The molecule has 0 unspecified atom stereocenters. The zero-order valence-corrected chi connectivity index (χ0v) is 23.8. The summed E-state index contributed by atoms with van der Waals surface area (Å²) < 4.78 is 20.5. The van der Waals surface area contributed by atoms with E-state index in [1.165, 1.54) is 6.42 Å². The number of pyridine rings is 1. The number of nitrogens with two attached hydrogens (primary N) is 1. The van der Waals surface area contributed by atoms with Crippen LogP contribution in [0.25, 0.3) is 32.2 Å². The van der Waals surface area contributed by atoms with Gasteiger partial charge >= 0.3 is 0 Å². The predicted molar refractivity (Wildman–Crippen MR) is 154 cm³/mol. The van der Waals surface area contributed by atoms with Crippen LogP contribution in [-0.4, -0.2) is 45.4 Å². The summed E-state index contributed by atoms with van der Waals surface area (Å²) in [4.78, 5) is 15.6. The summed E-state index contributed by atoms with van der Waals surface area (Å²) in [6, 6.07) is 2.06. The van der Waals surface area contributed by atoms with E-state index < -0.39 is 5.82 Å². The lowest BCUT2D eigenvalue weighted by Gasteiger charge is -2.18. The molecule has 1 saturated heterocycles. The maximum Gasteiger partial charge on any atom is 0.226 e. The molecule has 0 spiro atoms. The molecular weight excluding hydrogens is 519 g/mol. The van der Waals surface area contributed by atoms with Crippen molar-refractivity contribution in [3.05, 3.63) is 34.9 Å². The van der Waals surface area contributed by atoms with Crippen molar-refractivity contribution in [2.45, 2.75) is 60.2 Å². The highest BCUT2D eigenvalue weighted by Gasteiger charge is 2.30. The van der Waals surface area contributed by atoms with Gasteiger partial charge in [-0.25, -0.2) is 14.4 Å². The molecule has 208 valence electrons. The Labute approximate surface area is 231 Å². The molecule has 0 radical (unpaired) electrons. The predicted octanol–water partition coefficient (Wildman–Crippen LogP) is 5.89. The molecule has 3 aromatic heterocycles. The number of phenols is 1. The SMILES string of the molecule is CC.CCC.CO.N#Cc1c(N)sc2c(F)cnc(-c3c4c(c5cnc(N6CCCC6)nc5c3O)COC4)c12. The second kappa shape index (κ2) is 13.5. The lowest BCUT2D eigenvalue weighted by atomic mass is 9.93. The van der Waals surface area contributed by atoms with Crippen molar-refractivity contribution in [1.82, 2.24) is 15.0 Å². The van der Waals surface area contributed by atoms with E-state index in [1.54, 1.807) is 6.20 Å². The van der Waals surface area contributed by atoms with Crippen LogP contribution in [0.2, 0.25) is 0 Å². The number of hydrogen-bond acceptors (Lipinski definition) is 10. The van der Waals surface area contributed by atoms with Crippen LogP contribution in [-0.2, 0) is 18.0 Å². The number of nitrogen functional groups attached to an aromatic ring is 1. The zero-order chi connectivity index (χ0) is 28.7. The standard InChI is InChI=1S/C22H17FN6O2S.C3H8.C2H6.CH4O/c23-14-7-26-18(16-10(5-24)21(25)32-20(14)16)15-13-9-31-8-12(13)11-6-27-22(28-17(11)19(15)30)29-3-1-2-4-29;1-3-2;2*1-2/h6-7,30H,1-4,8-9,25H2;3H2,1-2H3;1-2H3;2H,1H3. The van der Waals surface area contributed by atoms with Gasteiger partial charge in [0.05, 0.1) is 40.9 Å². The molecule has 11 heteroatoms. The first-order chi connectivity index (χ1) is 19.0. The topological polar surface area (TPSA) is 141 Å². The Morgan fingerprint density at radius 3 is 2.41 bits per heavy atom. The number of hydrogen-bond donors (Lipinski definition) is 3. The van der Waals surface area contributed by atoms with Crippen LogP contribution in [0.1, 0.15) is 63.6 Å². The second-order valence-corrected chi connectivity index (χ2v) is 9.67. The minimum atomic E-state index is -0.561. The summed E-state index contributed by atoms with van der Waals surface area (Å²) in [5.41, 5.74) is 8.84. The van der Waals surface area contributed by atoms with Gasteiger partial charge in [0.15, 0.2) is 11.6 Å². The average Bonchev–Trinajstić information content (AvgIpc) is 3.73. The van der Waals surface area contributed by atoms with E-state index in [0.29, 0.717) is 40.1 Å². The van der Waals surface area contributed by atoms with Gasteiger partial charge in [0.1, 0.15) is 16.6 Å².